The third-order valence-corrected chi connectivity index (χ3v) is 2.92. The van der Waals surface area contributed by atoms with E-state index in [1.165, 1.54) is 0 Å². The molecule has 0 aromatic heterocycles. The molecular weight excluding hydrogens is 494 g/mol. The molecule has 16 nitrogen and oxygen atoms in total. The fourth-order valence-corrected chi connectivity index (χ4v) is 1.66. The quantitative estimate of drug-likeness (QED) is 0.0535. The van der Waals surface area contributed by atoms with Crippen molar-refractivity contribution in [2.24, 2.45) is 60.8 Å². The van der Waals surface area contributed by atoms with E-state index >= 15 is 0 Å². The number of nitrogens with one attached hydrogen (secondary N) is 2. The van der Waals surface area contributed by atoms with E-state index in [9.17, 15) is 9.59 Å². The van der Waals surface area contributed by atoms with Crippen LogP contribution in [0.1, 0.15) is 67.2 Å². The summed E-state index contributed by atoms with van der Waals surface area (Å²) in [5.74, 6) is 0.195. The number of hydrogen-bond acceptors (Lipinski definition) is 7. The molecule has 1 atom stereocenters. The van der Waals surface area contributed by atoms with Gasteiger partial charge < -0.3 is 56.5 Å². The highest BCUT2D eigenvalue weighted by molar-refractivity contribution is 5.83. The normalized spacial score (nSPS) is 8.71. The van der Waals surface area contributed by atoms with E-state index < -0.39 is 6.04 Å². The van der Waals surface area contributed by atoms with Gasteiger partial charge in [-0.3, -0.25) is 29.4 Å². The van der Waals surface area contributed by atoms with Crippen LogP contribution in [0.4, 0.5) is 0 Å². The summed E-state index contributed by atoms with van der Waals surface area (Å²) in [5.41, 5.74) is 39.3. The average molecular weight is 552 g/mol. The van der Waals surface area contributed by atoms with Gasteiger partial charge in [0, 0.05) is 26.2 Å². The first-order valence-electron chi connectivity index (χ1n) is 12.5. The van der Waals surface area contributed by atoms with Gasteiger partial charge in [0.25, 0.3) is 0 Å². The number of carbonyl (C=O) groups excluding carboxylic acids is 3. The Labute approximate surface area is 228 Å². The number of carbonyl (C=O) groups is 3. The van der Waals surface area contributed by atoms with Crippen molar-refractivity contribution < 1.29 is 14.4 Å². The Kier molecular flexibility index (Phi) is 58.0. The molecule has 0 saturated heterocycles. The molecule has 0 radical (unpaired) electrons. The highest BCUT2D eigenvalue weighted by Gasteiger charge is 2.15. The molecule has 38 heavy (non-hydrogen) atoms. The molecule has 0 rings (SSSR count). The van der Waals surface area contributed by atoms with Gasteiger partial charge in [0.15, 0.2) is 17.9 Å². The summed E-state index contributed by atoms with van der Waals surface area (Å²) in [6.07, 6.45) is 3.89. The van der Waals surface area contributed by atoms with E-state index in [1.54, 1.807) is 0 Å². The fraction of sp³-hybridized carbons (Fsp3) is 0.727. The van der Waals surface area contributed by atoms with Gasteiger partial charge in [-0.1, -0.05) is 34.6 Å². The van der Waals surface area contributed by atoms with Crippen LogP contribution in [0.2, 0.25) is 0 Å². The molecule has 0 aromatic rings. The largest absolute Gasteiger partial charge is 0.372 e. The van der Waals surface area contributed by atoms with Crippen molar-refractivity contribution in [1.82, 2.24) is 10.6 Å². The van der Waals surface area contributed by atoms with Crippen LogP contribution in [0.5, 0.6) is 0 Å². The van der Waals surface area contributed by atoms with Crippen molar-refractivity contribution in [3.05, 3.63) is 0 Å². The van der Waals surface area contributed by atoms with Gasteiger partial charge in [-0.2, -0.15) is 0 Å². The number of aliphatic imine (C=N–C) groups is 3. The van der Waals surface area contributed by atoms with Crippen LogP contribution in [-0.2, 0) is 14.4 Å². The Morgan fingerprint density at radius 3 is 1.37 bits per heavy atom. The van der Waals surface area contributed by atoms with Crippen LogP contribution >= 0.6 is 0 Å². The lowest BCUT2D eigenvalue weighted by atomic mass is 10.1. The SMILES string of the molecule is CC.CCCN=C(N)N.CCCN=C(N)N.CCN.CCNC(=O)C(CCCN=C(N)N)NC=O.NC=O. The first kappa shape index (κ1) is 47.4. The molecule has 0 bridgehead atoms. The topological polar surface area (TPSA) is 321 Å². The summed E-state index contributed by atoms with van der Waals surface area (Å²) in [6.45, 7) is 15.0. The zero-order valence-corrected chi connectivity index (χ0v) is 24.3. The predicted octanol–water partition coefficient (Wildman–Crippen LogP) is -2.28. The molecule has 0 aliphatic carbocycles. The Bertz CT molecular complexity index is 555. The maximum atomic E-state index is 11.4. The zero-order valence-electron chi connectivity index (χ0n) is 24.3. The average Bonchev–Trinajstić information content (AvgIpc) is 2.86. The lowest BCUT2D eigenvalue weighted by molar-refractivity contribution is -0.125. The van der Waals surface area contributed by atoms with Gasteiger partial charge in [0.05, 0.1) is 0 Å². The number of hydrogen-bond donors (Lipinski definition) is 10. The van der Waals surface area contributed by atoms with Crippen LogP contribution in [0, 0.1) is 0 Å². The molecule has 0 aliphatic heterocycles. The molecule has 0 fully saturated rings. The standard InChI is InChI=1S/C9H19N5O2.2C4H11N3.C2H7N.C2H6.CH3NO/c1-2-12-8(16)7(14-6-15)4-3-5-13-9(10)11;2*1-2-3-7-4(5)6;1-2-3;1-2;2-1-3/h6-7H,2-5H2,1H3,(H,12,16)(H,14,15)(H4,10,11,13);2*2-3H2,1H3,(H4,5,6,7);2-3H2,1H3;1-2H3;1H,(H2,2,3). The van der Waals surface area contributed by atoms with E-state index in [4.69, 9.17) is 44.9 Å². The molecule has 0 spiro atoms. The second kappa shape index (κ2) is 46.5. The first-order chi connectivity index (χ1) is 18.0. The Morgan fingerprint density at radius 2 is 1.13 bits per heavy atom. The van der Waals surface area contributed by atoms with E-state index in [2.05, 4.69) is 31.3 Å². The molecule has 16 heteroatoms. The number of rotatable bonds is 12. The van der Waals surface area contributed by atoms with Crippen LogP contribution in [-0.4, -0.2) is 75.4 Å². The van der Waals surface area contributed by atoms with Crippen LogP contribution in [0.3, 0.4) is 0 Å². The van der Waals surface area contributed by atoms with Gasteiger partial charge in [-0.05, 0) is 39.2 Å². The van der Waals surface area contributed by atoms with Crippen molar-refractivity contribution in [3.63, 3.8) is 0 Å². The minimum Gasteiger partial charge on any atom is -0.372 e. The lowest BCUT2D eigenvalue weighted by Gasteiger charge is -2.14. The number of nitrogens with two attached hydrogens (primary N) is 8. The molecular formula is C22H57N13O3. The van der Waals surface area contributed by atoms with Gasteiger partial charge in [0.2, 0.25) is 18.7 Å². The third-order valence-electron chi connectivity index (χ3n) is 2.92. The zero-order chi connectivity index (χ0) is 31.2. The van der Waals surface area contributed by atoms with Crippen molar-refractivity contribution in [1.29, 1.82) is 0 Å². The van der Waals surface area contributed by atoms with Gasteiger partial charge in [-0.15, -0.1) is 0 Å². The lowest BCUT2D eigenvalue weighted by Crippen LogP contribution is -2.43. The van der Waals surface area contributed by atoms with Crippen molar-refractivity contribution in [2.45, 2.75) is 73.3 Å². The van der Waals surface area contributed by atoms with E-state index in [0.29, 0.717) is 32.3 Å². The van der Waals surface area contributed by atoms with Crippen molar-refractivity contribution in [2.75, 3.05) is 32.7 Å². The highest BCUT2D eigenvalue weighted by Crippen LogP contribution is 1.97. The molecule has 0 aliphatic rings. The van der Waals surface area contributed by atoms with Gasteiger partial charge >= 0.3 is 0 Å². The maximum absolute atomic E-state index is 11.4. The number of likely N-dealkylation sites (N-methyl/N-ethyl adjacent to an activating group) is 1. The monoisotopic (exact) mass is 551 g/mol. The smallest absolute Gasteiger partial charge is 0.242 e. The second-order valence-corrected chi connectivity index (χ2v) is 6.34. The molecule has 18 N–H and O–H groups in total. The highest BCUT2D eigenvalue weighted by atomic mass is 16.2. The van der Waals surface area contributed by atoms with Crippen molar-refractivity contribution in [3.8, 4) is 0 Å². The Balaban J connectivity index is -0.0000000969. The van der Waals surface area contributed by atoms with E-state index in [0.717, 1.165) is 32.5 Å². The van der Waals surface area contributed by atoms with Crippen LogP contribution < -0.4 is 56.5 Å². The summed E-state index contributed by atoms with van der Waals surface area (Å²) in [7, 11) is 0. The maximum Gasteiger partial charge on any atom is 0.242 e. The van der Waals surface area contributed by atoms with Crippen LogP contribution in [0.15, 0.2) is 15.0 Å². The number of amides is 3. The van der Waals surface area contributed by atoms with Crippen LogP contribution in [0.25, 0.3) is 0 Å². The minimum atomic E-state index is -0.522. The minimum absolute atomic E-state index is 0.0258. The number of nitrogens with zero attached hydrogens (tertiary/aromatic N) is 3. The molecule has 0 heterocycles. The fourth-order valence-electron chi connectivity index (χ4n) is 1.66. The molecule has 1 unspecified atom stereocenters. The summed E-state index contributed by atoms with van der Waals surface area (Å²) in [4.78, 5) is 41.6. The predicted molar refractivity (Wildman–Crippen MR) is 160 cm³/mol. The van der Waals surface area contributed by atoms with Gasteiger partial charge in [-0.25, -0.2) is 0 Å². The second-order valence-electron chi connectivity index (χ2n) is 6.34. The molecule has 0 saturated carbocycles. The molecule has 3 amide bonds. The number of guanidine groups is 3. The van der Waals surface area contributed by atoms with Crippen molar-refractivity contribution >= 4 is 36.6 Å². The number of primary amides is 1. The summed E-state index contributed by atoms with van der Waals surface area (Å²) in [6, 6.07) is -0.522. The molecule has 228 valence electrons. The van der Waals surface area contributed by atoms with E-state index in [-0.39, 0.29) is 30.2 Å². The first-order valence-corrected chi connectivity index (χ1v) is 12.5. The third kappa shape index (κ3) is 69.7. The van der Waals surface area contributed by atoms with Gasteiger partial charge in [0.1, 0.15) is 6.04 Å². The Hall–Kier alpha value is -3.82. The summed E-state index contributed by atoms with van der Waals surface area (Å²) < 4.78 is 0. The summed E-state index contributed by atoms with van der Waals surface area (Å²) >= 11 is 0. The summed E-state index contributed by atoms with van der Waals surface area (Å²) in [5, 5.41) is 5.09. The van der Waals surface area contributed by atoms with E-state index in [1.807, 2.05) is 41.5 Å². The Morgan fingerprint density at radius 1 is 0.789 bits per heavy atom. The molecule has 0 aromatic carbocycles.